The Morgan fingerprint density at radius 3 is 2.68 bits per heavy atom. The number of hydrogen-bond donors (Lipinski definition) is 2. The monoisotopic (exact) mass is 397 g/mol. The van der Waals surface area contributed by atoms with Crippen LogP contribution in [-0.4, -0.2) is 34.9 Å². The second kappa shape index (κ2) is 8.67. The molecule has 0 bridgehead atoms. The highest BCUT2D eigenvalue weighted by Crippen LogP contribution is 2.41. The molecule has 2 aromatic carbocycles. The van der Waals surface area contributed by atoms with Crippen molar-refractivity contribution in [1.29, 1.82) is 0 Å². The maximum Gasteiger partial charge on any atom is 0.344 e. The van der Waals surface area contributed by atoms with E-state index in [4.69, 9.17) is 9.47 Å². The van der Waals surface area contributed by atoms with Crippen LogP contribution in [0.5, 0.6) is 11.5 Å². The maximum absolute atomic E-state index is 12.4. The summed E-state index contributed by atoms with van der Waals surface area (Å²) in [6, 6.07) is 13.7. The first kappa shape index (κ1) is 19.6. The number of thioether (sulfide) groups is 1. The van der Waals surface area contributed by atoms with Crippen LogP contribution < -0.4 is 4.74 Å². The molecule has 0 atom stereocenters. The molecule has 1 aliphatic heterocycles. The molecule has 3 rings (SSSR count). The van der Waals surface area contributed by atoms with Crippen LogP contribution in [0, 0.1) is 0 Å². The quantitative estimate of drug-likeness (QED) is 0.717. The van der Waals surface area contributed by atoms with Gasteiger partial charge in [0.05, 0.1) is 18.6 Å². The molecule has 0 unspecified atom stereocenters. The predicted molar refractivity (Wildman–Crippen MR) is 110 cm³/mol. The first-order chi connectivity index (χ1) is 13.5. The van der Waals surface area contributed by atoms with Crippen molar-refractivity contribution in [1.82, 2.24) is 0 Å². The Kier molecular flexibility index (Phi) is 6.06. The van der Waals surface area contributed by atoms with Crippen molar-refractivity contribution >= 4 is 34.5 Å². The van der Waals surface area contributed by atoms with Gasteiger partial charge in [0, 0.05) is 0 Å². The third kappa shape index (κ3) is 4.20. The summed E-state index contributed by atoms with van der Waals surface area (Å²) in [6.45, 7) is 1.87. The van der Waals surface area contributed by atoms with Crippen LogP contribution in [0.1, 0.15) is 12.5 Å². The first-order valence-corrected chi connectivity index (χ1v) is 9.36. The number of nitrogens with zero attached hydrogens (tertiary/aromatic N) is 1. The number of rotatable bonds is 5. The molecule has 0 amide bonds. The van der Waals surface area contributed by atoms with E-state index < -0.39 is 5.97 Å². The Morgan fingerprint density at radius 2 is 1.96 bits per heavy atom. The molecule has 0 aromatic heterocycles. The number of carbonyl (C=O) groups is 1. The molecule has 7 heteroatoms. The van der Waals surface area contributed by atoms with Crippen molar-refractivity contribution in [3.63, 3.8) is 0 Å². The van der Waals surface area contributed by atoms with Gasteiger partial charge >= 0.3 is 5.97 Å². The number of methoxy groups -OCH3 is 1. The molecule has 0 saturated heterocycles. The van der Waals surface area contributed by atoms with E-state index in [0.29, 0.717) is 26.9 Å². The summed E-state index contributed by atoms with van der Waals surface area (Å²) >= 11 is 1.14. The SMILES string of the molecule is CCOC(=O)C1=C(O)C(=Cc2cccc(O)c2)SC1=Nc1ccccc1OC. The minimum absolute atomic E-state index is 0.00385. The largest absolute Gasteiger partial charge is 0.508 e. The van der Waals surface area contributed by atoms with Gasteiger partial charge in [0.2, 0.25) is 0 Å². The molecule has 0 saturated carbocycles. The van der Waals surface area contributed by atoms with Crippen LogP contribution >= 0.6 is 11.8 Å². The Bertz CT molecular complexity index is 994. The van der Waals surface area contributed by atoms with E-state index in [-0.39, 0.29) is 23.7 Å². The second-order valence-corrected chi connectivity index (χ2v) is 6.77. The molecular weight excluding hydrogens is 378 g/mol. The number of phenols is 1. The Labute approximate surface area is 166 Å². The van der Waals surface area contributed by atoms with E-state index in [1.165, 1.54) is 7.11 Å². The van der Waals surface area contributed by atoms with E-state index >= 15 is 0 Å². The van der Waals surface area contributed by atoms with Gasteiger partial charge in [-0.25, -0.2) is 9.79 Å². The summed E-state index contributed by atoms with van der Waals surface area (Å²) in [6.07, 6.45) is 1.67. The molecule has 1 heterocycles. The topological polar surface area (TPSA) is 88.4 Å². The molecule has 0 spiro atoms. The van der Waals surface area contributed by atoms with E-state index in [1.807, 2.05) is 6.07 Å². The fourth-order valence-electron chi connectivity index (χ4n) is 2.59. The lowest BCUT2D eigenvalue weighted by atomic mass is 10.1. The number of aliphatic hydroxyl groups excluding tert-OH is 1. The van der Waals surface area contributed by atoms with E-state index in [0.717, 1.165) is 11.8 Å². The average Bonchev–Trinajstić information content (AvgIpc) is 2.97. The second-order valence-electron chi connectivity index (χ2n) is 5.74. The minimum Gasteiger partial charge on any atom is -0.508 e. The zero-order chi connectivity index (χ0) is 20.1. The number of aromatic hydroxyl groups is 1. The van der Waals surface area contributed by atoms with Gasteiger partial charge in [-0.15, -0.1) is 0 Å². The lowest BCUT2D eigenvalue weighted by Crippen LogP contribution is -2.12. The van der Waals surface area contributed by atoms with Crippen LogP contribution in [-0.2, 0) is 9.53 Å². The van der Waals surface area contributed by atoms with Crippen LogP contribution in [0.4, 0.5) is 5.69 Å². The van der Waals surface area contributed by atoms with Gasteiger partial charge in [0.25, 0.3) is 0 Å². The van der Waals surface area contributed by atoms with E-state index in [1.54, 1.807) is 55.5 Å². The molecule has 6 nitrogen and oxygen atoms in total. The highest BCUT2D eigenvalue weighted by atomic mass is 32.2. The number of aliphatic imine (C=N–C) groups is 1. The molecule has 2 N–H and O–H groups in total. The molecule has 2 aromatic rings. The molecule has 144 valence electrons. The zero-order valence-corrected chi connectivity index (χ0v) is 16.2. The summed E-state index contributed by atoms with van der Waals surface area (Å²) in [4.78, 5) is 17.4. The van der Waals surface area contributed by atoms with Gasteiger partial charge in [-0.2, -0.15) is 0 Å². The standard InChI is InChI=1S/C21H19NO5S/c1-3-27-21(25)18-19(24)17(12-13-7-6-8-14(23)11-13)28-20(18)22-15-9-4-5-10-16(15)26-2/h4-12,23-24H,3H2,1-2H3. The van der Waals surface area contributed by atoms with Crippen molar-refractivity contribution in [3.8, 4) is 11.5 Å². The summed E-state index contributed by atoms with van der Waals surface area (Å²) < 4.78 is 10.4. The predicted octanol–water partition coefficient (Wildman–Crippen LogP) is 4.59. The first-order valence-electron chi connectivity index (χ1n) is 8.55. The summed E-state index contributed by atoms with van der Waals surface area (Å²) in [5, 5.41) is 20.6. The lowest BCUT2D eigenvalue weighted by molar-refractivity contribution is -0.138. The van der Waals surface area contributed by atoms with Crippen molar-refractivity contribution in [2.24, 2.45) is 4.99 Å². The fourth-order valence-corrected chi connectivity index (χ4v) is 3.62. The third-order valence-corrected chi connectivity index (χ3v) is 4.87. The van der Waals surface area contributed by atoms with Gasteiger partial charge in [-0.05, 0) is 42.8 Å². The van der Waals surface area contributed by atoms with Crippen LogP contribution in [0.25, 0.3) is 6.08 Å². The fraction of sp³-hybridized carbons (Fsp3) is 0.143. The Balaban J connectivity index is 2.07. The smallest absolute Gasteiger partial charge is 0.344 e. The molecule has 1 aliphatic rings. The van der Waals surface area contributed by atoms with Gasteiger partial charge in [0.1, 0.15) is 33.6 Å². The van der Waals surface area contributed by atoms with Crippen molar-refractivity contribution in [3.05, 3.63) is 70.3 Å². The molecule has 0 aliphatic carbocycles. The van der Waals surface area contributed by atoms with E-state index in [9.17, 15) is 15.0 Å². The zero-order valence-electron chi connectivity index (χ0n) is 15.4. The van der Waals surface area contributed by atoms with Crippen LogP contribution in [0.2, 0.25) is 0 Å². The summed E-state index contributed by atoms with van der Waals surface area (Å²) in [5.41, 5.74) is 1.21. The number of aliphatic hydroxyl groups is 1. The minimum atomic E-state index is -0.652. The Hall–Kier alpha value is -3.19. The van der Waals surface area contributed by atoms with E-state index in [2.05, 4.69) is 4.99 Å². The number of esters is 1. The summed E-state index contributed by atoms with van der Waals surface area (Å²) in [7, 11) is 1.54. The van der Waals surface area contributed by atoms with Gasteiger partial charge in [-0.3, -0.25) is 0 Å². The number of ether oxygens (including phenoxy) is 2. The van der Waals surface area contributed by atoms with Crippen LogP contribution in [0.15, 0.2) is 69.8 Å². The number of benzene rings is 2. The van der Waals surface area contributed by atoms with Gasteiger partial charge < -0.3 is 19.7 Å². The normalized spacial score (nSPS) is 16.6. The number of phenolic OH excluding ortho intramolecular Hbond substituents is 1. The summed E-state index contributed by atoms with van der Waals surface area (Å²) in [5.74, 6) is -0.209. The maximum atomic E-state index is 12.4. The van der Waals surface area contributed by atoms with Gasteiger partial charge in [-0.1, -0.05) is 36.0 Å². The molecule has 28 heavy (non-hydrogen) atoms. The van der Waals surface area contributed by atoms with Crippen molar-refractivity contribution in [2.45, 2.75) is 6.92 Å². The Morgan fingerprint density at radius 1 is 1.18 bits per heavy atom. The number of hydrogen-bond acceptors (Lipinski definition) is 7. The lowest BCUT2D eigenvalue weighted by Gasteiger charge is -2.06. The third-order valence-electron chi connectivity index (χ3n) is 3.85. The highest BCUT2D eigenvalue weighted by Gasteiger charge is 2.33. The molecule has 0 fully saturated rings. The van der Waals surface area contributed by atoms with Crippen molar-refractivity contribution < 1.29 is 24.5 Å². The number of carbonyl (C=O) groups excluding carboxylic acids is 1. The molecular formula is C21H19NO5S. The van der Waals surface area contributed by atoms with Crippen LogP contribution in [0.3, 0.4) is 0 Å². The highest BCUT2D eigenvalue weighted by molar-refractivity contribution is 8.18. The molecule has 0 radical (unpaired) electrons. The van der Waals surface area contributed by atoms with Gasteiger partial charge in [0.15, 0.2) is 0 Å². The van der Waals surface area contributed by atoms with Crippen molar-refractivity contribution in [2.75, 3.05) is 13.7 Å². The average molecular weight is 397 g/mol. The number of para-hydroxylation sites is 2.